The van der Waals surface area contributed by atoms with Gasteiger partial charge in [0.1, 0.15) is 0 Å². The van der Waals surface area contributed by atoms with Gasteiger partial charge in [-0.3, -0.25) is 14.4 Å². The zero-order valence-corrected chi connectivity index (χ0v) is 24.0. The van der Waals surface area contributed by atoms with Crippen molar-refractivity contribution in [1.82, 2.24) is 9.80 Å². The number of piperidine rings is 1. The van der Waals surface area contributed by atoms with Crippen molar-refractivity contribution in [3.63, 3.8) is 0 Å². The van der Waals surface area contributed by atoms with Crippen molar-refractivity contribution in [3.05, 3.63) is 64.2 Å². The first-order valence-corrected chi connectivity index (χ1v) is 14.1. The minimum Gasteiger partial charge on any atom is -0.465 e. The number of amides is 3. The van der Waals surface area contributed by atoms with Gasteiger partial charge in [0, 0.05) is 36.4 Å². The number of urea groups is 1. The van der Waals surface area contributed by atoms with Crippen molar-refractivity contribution >= 4 is 41.2 Å². The molecule has 1 saturated heterocycles. The van der Waals surface area contributed by atoms with E-state index < -0.39 is 17.4 Å². The number of halogens is 1. The summed E-state index contributed by atoms with van der Waals surface area (Å²) in [5, 5.41) is 3.51. The van der Waals surface area contributed by atoms with Crippen LogP contribution in [0.15, 0.2) is 42.5 Å². The van der Waals surface area contributed by atoms with Gasteiger partial charge in [0.25, 0.3) is 0 Å². The Morgan fingerprint density at radius 3 is 2.30 bits per heavy atom. The van der Waals surface area contributed by atoms with Gasteiger partial charge in [-0.05, 0) is 68.9 Å². The number of fused-ring (bicyclic) bond motifs is 1. The molecule has 10 heteroatoms. The number of carbonyl (C=O) groups is 4. The van der Waals surface area contributed by atoms with Crippen molar-refractivity contribution in [2.24, 2.45) is 5.41 Å². The number of nitrogens with one attached hydrogen (secondary N) is 1. The highest BCUT2D eigenvalue weighted by Gasteiger charge is 2.51. The van der Waals surface area contributed by atoms with Crippen molar-refractivity contribution < 1.29 is 28.7 Å². The van der Waals surface area contributed by atoms with E-state index in [0.717, 1.165) is 16.8 Å². The van der Waals surface area contributed by atoms with Crippen LogP contribution in [0.25, 0.3) is 0 Å². The fourth-order valence-corrected chi connectivity index (χ4v) is 5.57. The summed E-state index contributed by atoms with van der Waals surface area (Å²) >= 11 is 6.19. The summed E-state index contributed by atoms with van der Waals surface area (Å²) < 4.78 is 10.7. The zero-order chi connectivity index (χ0) is 28.9. The summed E-state index contributed by atoms with van der Waals surface area (Å²) in [4.78, 5) is 56.7. The molecule has 0 atom stereocenters. The van der Waals surface area contributed by atoms with Gasteiger partial charge in [-0.15, -0.1) is 0 Å². The summed E-state index contributed by atoms with van der Waals surface area (Å²) in [6.07, 6.45) is 0.736. The van der Waals surface area contributed by atoms with Gasteiger partial charge in [-0.25, -0.2) is 4.79 Å². The van der Waals surface area contributed by atoms with Crippen LogP contribution in [-0.4, -0.2) is 66.0 Å². The molecule has 2 aliphatic heterocycles. The number of hydrogen-bond acceptors (Lipinski definition) is 6. The monoisotopic (exact) mass is 569 g/mol. The van der Waals surface area contributed by atoms with Crippen LogP contribution in [0.3, 0.4) is 0 Å². The van der Waals surface area contributed by atoms with E-state index in [-0.39, 0.29) is 44.0 Å². The summed E-state index contributed by atoms with van der Waals surface area (Å²) in [5.41, 5.74) is 1.49. The highest BCUT2D eigenvalue weighted by molar-refractivity contribution is 6.31. The molecule has 0 spiro atoms. The lowest BCUT2D eigenvalue weighted by molar-refractivity contribution is -0.175. The molecule has 4 rings (SSSR count). The molecule has 2 heterocycles. The third-order valence-corrected chi connectivity index (χ3v) is 8.06. The van der Waals surface area contributed by atoms with Gasteiger partial charge in [-0.1, -0.05) is 41.9 Å². The minimum absolute atomic E-state index is 0.0330. The number of benzene rings is 2. The molecule has 3 amide bonds. The Morgan fingerprint density at radius 1 is 1.02 bits per heavy atom. The van der Waals surface area contributed by atoms with Crippen molar-refractivity contribution in [2.75, 3.05) is 31.6 Å². The topological polar surface area (TPSA) is 105 Å². The quantitative estimate of drug-likeness (QED) is 0.346. The average Bonchev–Trinajstić information content (AvgIpc) is 2.94. The van der Waals surface area contributed by atoms with E-state index in [1.54, 1.807) is 36.9 Å². The second-order valence-corrected chi connectivity index (χ2v) is 10.7. The molecular formula is C30H36ClN3O6. The van der Waals surface area contributed by atoms with Gasteiger partial charge < -0.3 is 24.6 Å². The van der Waals surface area contributed by atoms with E-state index in [2.05, 4.69) is 5.32 Å². The van der Waals surface area contributed by atoms with E-state index in [4.69, 9.17) is 21.1 Å². The van der Waals surface area contributed by atoms with Gasteiger partial charge in [0.05, 0.1) is 19.6 Å². The van der Waals surface area contributed by atoms with Crippen LogP contribution in [0.4, 0.5) is 10.5 Å². The fourth-order valence-electron chi connectivity index (χ4n) is 5.45. The number of ether oxygens (including phenoxy) is 2. The number of para-hydroxylation sites is 1. The van der Waals surface area contributed by atoms with Gasteiger partial charge in [0.15, 0.2) is 5.41 Å². The number of likely N-dealkylation sites (tertiary alicyclic amines) is 1. The van der Waals surface area contributed by atoms with Crippen molar-refractivity contribution in [1.29, 1.82) is 0 Å². The maximum absolute atomic E-state index is 13.6. The Labute approximate surface area is 239 Å². The second kappa shape index (κ2) is 12.7. The van der Waals surface area contributed by atoms with Crippen LogP contribution in [0.5, 0.6) is 0 Å². The van der Waals surface area contributed by atoms with Crippen LogP contribution in [-0.2, 0) is 36.8 Å². The molecular weight excluding hydrogens is 534 g/mol. The molecule has 2 aliphatic rings. The Kier molecular flexibility index (Phi) is 9.35. The number of anilines is 1. The Hall–Kier alpha value is -3.59. The number of nitrogens with zero attached hydrogens (tertiary/aromatic N) is 2. The molecule has 2 aromatic rings. The van der Waals surface area contributed by atoms with Crippen LogP contribution in [0, 0.1) is 12.3 Å². The van der Waals surface area contributed by atoms with Crippen LogP contribution >= 0.6 is 11.6 Å². The molecule has 0 aliphatic carbocycles. The highest BCUT2D eigenvalue weighted by atomic mass is 35.5. The van der Waals surface area contributed by atoms with E-state index >= 15 is 0 Å². The standard InChI is InChI=1S/C30H36ClN3O6/c1-4-39-27(36)30(28(37)40-5-2,17-21-10-11-24(31)20(3)16-21)18-26(35)33-14-12-23(13-15-33)34-19-22-8-6-7-9-25(22)32-29(34)38/h6-11,16,23H,4-5,12-15,17-19H2,1-3H3,(H,32,38). The summed E-state index contributed by atoms with van der Waals surface area (Å²) in [6, 6.07) is 12.8. The van der Waals surface area contributed by atoms with Crippen LogP contribution in [0.1, 0.15) is 49.8 Å². The molecule has 1 fully saturated rings. The Balaban J connectivity index is 1.51. The first-order chi connectivity index (χ1) is 19.2. The number of aryl methyl sites for hydroxylation is 1. The predicted octanol–water partition coefficient (Wildman–Crippen LogP) is 4.73. The number of hydrogen-bond donors (Lipinski definition) is 1. The van der Waals surface area contributed by atoms with Gasteiger partial charge in [0.2, 0.25) is 5.91 Å². The largest absolute Gasteiger partial charge is 0.465 e. The summed E-state index contributed by atoms with van der Waals surface area (Å²) in [5.74, 6) is -1.90. The summed E-state index contributed by atoms with van der Waals surface area (Å²) in [7, 11) is 0. The van der Waals surface area contributed by atoms with Gasteiger partial charge >= 0.3 is 18.0 Å². The maximum atomic E-state index is 13.6. The zero-order valence-electron chi connectivity index (χ0n) is 23.2. The molecule has 1 N–H and O–H groups in total. The van der Waals surface area contributed by atoms with E-state index in [9.17, 15) is 19.2 Å². The smallest absolute Gasteiger partial charge is 0.324 e. The third kappa shape index (κ3) is 6.25. The molecule has 214 valence electrons. The van der Waals surface area contributed by atoms with E-state index in [1.165, 1.54) is 0 Å². The second-order valence-electron chi connectivity index (χ2n) is 10.3. The molecule has 0 unspecified atom stereocenters. The lowest BCUT2D eigenvalue weighted by Crippen LogP contribution is -2.53. The van der Waals surface area contributed by atoms with E-state index in [0.29, 0.717) is 43.1 Å². The molecule has 0 aromatic heterocycles. The fraction of sp³-hybridized carbons (Fsp3) is 0.467. The maximum Gasteiger partial charge on any atom is 0.324 e. The van der Waals surface area contributed by atoms with Gasteiger partial charge in [-0.2, -0.15) is 0 Å². The lowest BCUT2D eigenvalue weighted by Gasteiger charge is -2.41. The number of esters is 2. The Bertz CT molecular complexity index is 1260. The molecule has 0 radical (unpaired) electrons. The third-order valence-electron chi connectivity index (χ3n) is 7.63. The van der Waals surface area contributed by atoms with Crippen LogP contribution in [0.2, 0.25) is 5.02 Å². The molecule has 9 nitrogen and oxygen atoms in total. The van der Waals surface area contributed by atoms with E-state index in [1.807, 2.05) is 36.1 Å². The number of carbonyl (C=O) groups excluding carboxylic acids is 4. The lowest BCUT2D eigenvalue weighted by atomic mass is 9.77. The number of rotatable bonds is 9. The van der Waals surface area contributed by atoms with Crippen molar-refractivity contribution in [3.8, 4) is 0 Å². The first kappa shape index (κ1) is 29.4. The molecule has 2 aromatic carbocycles. The molecule has 0 saturated carbocycles. The first-order valence-electron chi connectivity index (χ1n) is 13.7. The van der Waals surface area contributed by atoms with Crippen LogP contribution < -0.4 is 5.32 Å². The summed E-state index contributed by atoms with van der Waals surface area (Å²) in [6.45, 7) is 6.56. The normalized spacial score (nSPS) is 15.8. The highest BCUT2D eigenvalue weighted by Crippen LogP contribution is 2.34. The van der Waals surface area contributed by atoms with Crippen molar-refractivity contribution in [2.45, 2.75) is 59.0 Å². The average molecular weight is 570 g/mol. The molecule has 0 bridgehead atoms. The molecule has 40 heavy (non-hydrogen) atoms. The minimum atomic E-state index is -1.84. The Morgan fingerprint density at radius 2 is 1.68 bits per heavy atom. The predicted molar refractivity (Wildman–Crippen MR) is 151 cm³/mol. The SMILES string of the molecule is CCOC(=O)C(CC(=O)N1CCC(N2Cc3ccccc3NC2=O)CC1)(Cc1ccc(Cl)c(C)c1)C(=O)OCC.